The van der Waals surface area contributed by atoms with Crippen molar-refractivity contribution in [3.05, 3.63) is 64.4 Å². The van der Waals surface area contributed by atoms with Crippen molar-refractivity contribution >= 4 is 29.0 Å². The average molecular weight is 398 g/mol. The Balaban J connectivity index is 1.76. The van der Waals surface area contributed by atoms with Gasteiger partial charge in [0.25, 0.3) is 5.91 Å². The van der Waals surface area contributed by atoms with E-state index in [4.69, 9.17) is 4.74 Å². The summed E-state index contributed by atoms with van der Waals surface area (Å²) in [5.74, 6) is 0.0661. The van der Waals surface area contributed by atoms with Gasteiger partial charge >= 0.3 is 6.09 Å². The van der Waals surface area contributed by atoms with Gasteiger partial charge in [0, 0.05) is 30.8 Å². The molecule has 0 bridgehead atoms. The molecule has 1 unspecified atom stereocenters. The molecule has 2 amide bonds. The van der Waals surface area contributed by atoms with Gasteiger partial charge < -0.3 is 20.3 Å². The third kappa shape index (κ3) is 3.16. The molecule has 1 saturated heterocycles. The first-order chi connectivity index (χ1) is 13.6. The third-order valence-corrected chi connectivity index (χ3v) is 6.21. The van der Waals surface area contributed by atoms with Crippen LogP contribution in [0.4, 0.5) is 10.5 Å². The van der Waals surface area contributed by atoms with E-state index < -0.39 is 0 Å². The Bertz CT molecular complexity index is 896. The van der Waals surface area contributed by atoms with Crippen molar-refractivity contribution in [3.63, 3.8) is 0 Å². The number of hydrogen-bond acceptors (Lipinski definition) is 5. The number of ether oxygens (including phenoxy) is 1. The number of benzene rings is 1. The number of hydrogen-bond donors (Lipinski definition) is 2. The Kier molecular flexibility index (Phi) is 5.09. The van der Waals surface area contributed by atoms with Gasteiger partial charge in [-0.3, -0.25) is 4.79 Å². The molecule has 2 aromatic rings. The fraction of sp³-hybridized carbons (Fsp3) is 0.333. The van der Waals surface area contributed by atoms with Crippen molar-refractivity contribution in [3.8, 4) is 0 Å². The highest BCUT2D eigenvalue weighted by molar-refractivity contribution is 7.08. The van der Waals surface area contributed by atoms with Crippen LogP contribution in [0.1, 0.15) is 40.0 Å². The van der Waals surface area contributed by atoms with Gasteiger partial charge in [-0.25, -0.2) is 4.79 Å². The monoisotopic (exact) mass is 397 g/mol. The number of carbonyl (C=O) groups is 2. The number of nitrogens with one attached hydrogen (secondary N) is 2. The second kappa shape index (κ2) is 7.67. The molecule has 146 valence electrons. The van der Waals surface area contributed by atoms with Crippen LogP contribution in [0.3, 0.4) is 0 Å². The summed E-state index contributed by atoms with van der Waals surface area (Å²) in [6, 6.07) is 7.74. The Labute approximate surface area is 168 Å². The average Bonchev–Trinajstić information content (AvgIpc) is 3.40. The second-order valence-electron chi connectivity index (χ2n) is 7.02. The van der Waals surface area contributed by atoms with Crippen LogP contribution in [0, 0.1) is 5.92 Å². The number of likely N-dealkylation sites (tertiary alicyclic amines) is 1. The van der Waals surface area contributed by atoms with Gasteiger partial charge in [0.05, 0.1) is 12.1 Å². The van der Waals surface area contributed by atoms with Crippen LogP contribution in [-0.2, 0) is 4.74 Å². The molecule has 2 N–H and O–H groups in total. The smallest absolute Gasteiger partial charge is 0.410 e. The van der Waals surface area contributed by atoms with Crippen LogP contribution in [0.15, 0.2) is 47.7 Å². The van der Waals surface area contributed by atoms with E-state index in [2.05, 4.69) is 34.0 Å². The first kappa shape index (κ1) is 18.6. The summed E-state index contributed by atoms with van der Waals surface area (Å²) in [5.41, 5.74) is 3.73. The van der Waals surface area contributed by atoms with Gasteiger partial charge in [0.15, 0.2) is 0 Å². The number of nitrogens with zero attached hydrogens (tertiary/aromatic N) is 1. The summed E-state index contributed by atoms with van der Waals surface area (Å²) in [7, 11) is 1.62. The quantitative estimate of drug-likeness (QED) is 0.766. The maximum Gasteiger partial charge on any atom is 0.410 e. The highest BCUT2D eigenvalue weighted by Crippen LogP contribution is 2.51. The number of anilines is 1. The summed E-state index contributed by atoms with van der Waals surface area (Å²) in [6.45, 7) is 4.42. The number of fused-ring (bicyclic) bond motifs is 3. The molecule has 2 aliphatic rings. The highest BCUT2D eigenvalue weighted by Gasteiger charge is 2.47. The Morgan fingerprint density at radius 1 is 1.43 bits per heavy atom. The molecule has 3 heterocycles. The summed E-state index contributed by atoms with van der Waals surface area (Å²) < 4.78 is 5.34. The topological polar surface area (TPSA) is 70.7 Å². The summed E-state index contributed by atoms with van der Waals surface area (Å²) in [5, 5.41) is 10.5. The molecule has 1 fully saturated rings. The molecule has 1 aromatic heterocycles. The van der Waals surface area contributed by atoms with E-state index in [1.165, 1.54) is 5.56 Å². The van der Waals surface area contributed by atoms with Gasteiger partial charge in [-0.1, -0.05) is 12.7 Å². The SMILES string of the molecule is C=CCOC(=O)N1CC[C@H]2C(c3ccsc3)Nc3ccc(C(=O)NC)cc3[C@H]21. The van der Waals surface area contributed by atoms with Crippen LogP contribution in [-0.4, -0.2) is 37.1 Å². The van der Waals surface area contributed by atoms with E-state index in [0.717, 1.165) is 17.7 Å². The lowest BCUT2D eigenvalue weighted by Gasteiger charge is -2.39. The summed E-state index contributed by atoms with van der Waals surface area (Å²) in [6.07, 6.45) is 2.10. The first-order valence-corrected chi connectivity index (χ1v) is 10.3. The normalized spacial score (nSPS) is 22.6. The van der Waals surface area contributed by atoms with Crippen LogP contribution < -0.4 is 10.6 Å². The first-order valence-electron chi connectivity index (χ1n) is 9.33. The van der Waals surface area contributed by atoms with Crippen molar-refractivity contribution in [1.82, 2.24) is 10.2 Å². The predicted octanol–water partition coefficient (Wildman–Crippen LogP) is 3.96. The van der Waals surface area contributed by atoms with Crippen molar-refractivity contribution in [1.29, 1.82) is 0 Å². The molecule has 2 aliphatic heterocycles. The van der Waals surface area contributed by atoms with Crippen LogP contribution in [0.25, 0.3) is 0 Å². The number of thiophene rings is 1. The molecular formula is C21H23N3O3S. The Morgan fingerprint density at radius 3 is 3.00 bits per heavy atom. The van der Waals surface area contributed by atoms with Crippen molar-refractivity contribution in [2.24, 2.45) is 5.92 Å². The molecule has 0 saturated carbocycles. The van der Waals surface area contributed by atoms with Gasteiger partial charge in [-0.15, -0.1) is 0 Å². The molecule has 7 heteroatoms. The van der Waals surface area contributed by atoms with E-state index in [0.29, 0.717) is 12.1 Å². The maximum atomic E-state index is 12.7. The molecule has 0 aliphatic carbocycles. The van der Waals surface area contributed by atoms with Crippen molar-refractivity contribution < 1.29 is 14.3 Å². The summed E-state index contributed by atoms with van der Waals surface area (Å²) >= 11 is 1.67. The third-order valence-electron chi connectivity index (χ3n) is 5.50. The second-order valence-corrected chi connectivity index (χ2v) is 7.80. The summed E-state index contributed by atoms with van der Waals surface area (Å²) in [4.78, 5) is 26.6. The zero-order chi connectivity index (χ0) is 19.7. The molecule has 6 nitrogen and oxygen atoms in total. The molecular weight excluding hydrogens is 374 g/mol. The van der Waals surface area contributed by atoms with E-state index in [1.807, 2.05) is 18.2 Å². The van der Waals surface area contributed by atoms with Crippen LogP contribution in [0.5, 0.6) is 0 Å². The number of carbonyl (C=O) groups excluding carboxylic acids is 2. The largest absolute Gasteiger partial charge is 0.445 e. The zero-order valence-electron chi connectivity index (χ0n) is 15.7. The number of amides is 2. The highest BCUT2D eigenvalue weighted by atomic mass is 32.1. The molecule has 0 radical (unpaired) electrons. The Morgan fingerprint density at radius 2 is 2.29 bits per heavy atom. The van der Waals surface area contributed by atoms with Gasteiger partial charge in [-0.05, 0) is 52.6 Å². The molecule has 1 aromatic carbocycles. The lowest BCUT2D eigenvalue weighted by molar-refractivity contribution is 0.0962. The fourth-order valence-corrected chi connectivity index (χ4v) is 4.96. The molecule has 28 heavy (non-hydrogen) atoms. The molecule has 4 rings (SSSR count). The minimum absolute atomic E-state index is 0.117. The molecule has 3 atom stereocenters. The van der Waals surface area contributed by atoms with Gasteiger partial charge in [0.1, 0.15) is 6.61 Å². The van der Waals surface area contributed by atoms with Crippen molar-refractivity contribution in [2.75, 3.05) is 25.5 Å². The number of rotatable bonds is 4. The molecule has 0 spiro atoms. The van der Waals surface area contributed by atoms with Crippen LogP contribution in [0.2, 0.25) is 0 Å². The van der Waals surface area contributed by atoms with Crippen LogP contribution >= 0.6 is 11.3 Å². The van der Waals surface area contributed by atoms with Crippen molar-refractivity contribution in [2.45, 2.75) is 18.5 Å². The minimum atomic E-state index is -0.338. The van der Waals surface area contributed by atoms with E-state index in [1.54, 1.807) is 29.4 Å². The maximum absolute atomic E-state index is 12.7. The standard InChI is InChI=1S/C21H23N3O3S/c1-3-9-27-21(26)24-8-6-15-18(14-7-10-28-12-14)23-17-5-4-13(20(25)22-2)11-16(17)19(15)24/h3-5,7,10-12,15,18-19,23H,1,6,8-9H2,2H3,(H,22,25)/t15-,18?,19-/m0/s1. The zero-order valence-corrected chi connectivity index (χ0v) is 16.5. The van der Waals surface area contributed by atoms with E-state index in [-0.39, 0.29) is 36.6 Å². The van der Waals surface area contributed by atoms with E-state index >= 15 is 0 Å². The predicted molar refractivity (Wildman–Crippen MR) is 110 cm³/mol. The lowest BCUT2D eigenvalue weighted by atomic mass is 9.80. The Hall–Kier alpha value is -2.80. The fourth-order valence-electron chi connectivity index (χ4n) is 4.26. The minimum Gasteiger partial charge on any atom is -0.445 e. The van der Waals surface area contributed by atoms with Gasteiger partial charge in [-0.2, -0.15) is 11.3 Å². The van der Waals surface area contributed by atoms with E-state index in [9.17, 15) is 9.59 Å². The van der Waals surface area contributed by atoms with Gasteiger partial charge in [0.2, 0.25) is 0 Å². The lowest BCUT2D eigenvalue weighted by Crippen LogP contribution is -2.38.